The van der Waals surface area contributed by atoms with Crippen molar-refractivity contribution in [1.29, 1.82) is 0 Å². The van der Waals surface area contributed by atoms with Gasteiger partial charge in [-0.2, -0.15) is 13.2 Å². The molecule has 26 heavy (non-hydrogen) atoms. The number of hydrogen-bond donors (Lipinski definition) is 1. The largest absolute Gasteiger partial charge is 0.490 e. The molecule has 6 nitrogen and oxygen atoms in total. The monoisotopic (exact) mass is 371 g/mol. The van der Waals surface area contributed by atoms with Gasteiger partial charge in [0.05, 0.1) is 10.8 Å². The van der Waals surface area contributed by atoms with E-state index in [1.54, 1.807) is 0 Å². The predicted octanol–water partition coefficient (Wildman–Crippen LogP) is 1.99. The summed E-state index contributed by atoms with van der Waals surface area (Å²) in [7, 11) is 0. The first-order chi connectivity index (χ1) is 12.1. The van der Waals surface area contributed by atoms with Gasteiger partial charge in [0.2, 0.25) is 0 Å². The third-order valence-corrected chi connectivity index (χ3v) is 5.34. The van der Waals surface area contributed by atoms with Crippen LogP contribution in [0.1, 0.15) is 18.4 Å². The van der Waals surface area contributed by atoms with Crippen molar-refractivity contribution in [2.75, 3.05) is 13.1 Å². The molecule has 2 saturated heterocycles. The number of nitrogens with zero attached hydrogens (tertiary/aromatic N) is 1. The fourth-order valence-electron chi connectivity index (χ4n) is 3.97. The number of carboxylic acids is 1. The van der Waals surface area contributed by atoms with Crippen molar-refractivity contribution in [3.05, 3.63) is 35.9 Å². The van der Waals surface area contributed by atoms with E-state index in [1.807, 2.05) is 18.2 Å². The number of halogens is 3. The molecule has 0 aromatic heterocycles. The number of carbonyl (C=O) groups is 3. The van der Waals surface area contributed by atoms with Gasteiger partial charge in [-0.05, 0) is 18.4 Å². The van der Waals surface area contributed by atoms with Crippen LogP contribution in [0.3, 0.4) is 0 Å². The van der Waals surface area contributed by atoms with E-state index < -0.39 is 23.0 Å². The highest BCUT2D eigenvalue weighted by Crippen LogP contribution is 2.66. The summed E-state index contributed by atoms with van der Waals surface area (Å²) in [6.07, 6.45) is -3.49. The van der Waals surface area contributed by atoms with Gasteiger partial charge in [-0.1, -0.05) is 30.3 Å². The second-order valence-corrected chi connectivity index (χ2v) is 6.77. The minimum atomic E-state index is -5.08. The van der Waals surface area contributed by atoms with Crippen molar-refractivity contribution in [3.8, 4) is 0 Å². The van der Waals surface area contributed by atoms with Crippen LogP contribution < -0.4 is 0 Å². The van der Waals surface area contributed by atoms with Crippen molar-refractivity contribution in [2.45, 2.75) is 25.6 Å². The number of cyclic esters (lactones) is 2. The number of carbonyl (C=O) groups excluding carboxylic acids is 2. The van der Waals surface area contributed by atoms with Crippen LogP contribution in [0.4, 0.5) is 13.2 Å². The second kappa shape index (κ2) is 6.08. The molecule has 2 atom stereocenters. The molecule has 9 heteroatoms. The molecule has 0 amide bonds. The highest BCUT2D eigenvalue weighted by Gasteiger charge is 2.77. The van der Waals surface area contributed by atoms with E-state index in [9.17, 15) is 22.8 Å². The van der Waals surface area contributed by atoms with Crippen LogP contribution in [-0.2, 0) is 25.7 Å². The summed E-state index contributed by atoms with van der Waals surface area (Å²) in [5.74, 6) is -3.34. The van der Waals surface area contributed by atoms with Crippen molar-refractivity contribution in [2.24, 2.45) is 10.8 Å². The van der Waals surface area contributed by atoms with Gasteiger partial charge in [0.25, 0.3) is 0 Å². The lowest BCUT2D eigenvalue weighted by Gasteiger charge is -2.42. The molecule has 0 spiro atoms. The van der Waals surface area contributed by atoms with Gasteiger partial charge >= 0.3 is 24.1 Å². The topological polar surface area (TPSA) is 83.9 Å². The van der Waals surface area contributed by atoms with Crippen molar-refractivity contribution in [1.82, 2.24) is 4.90 Å². The summed E-state index contributed by atoms with van der Waals surface area (Å²) in [5, 5.41) is 7.12. The maximum Gasteiger partial charge on any atom is 0.490 e. The Bertz CT molecular complexity index is 721. The van der Waals surface area contributed by atoms with Crippen molar-refractivity contribution in [3.63, 3.8) is 0 Å². The van der Waals surface area contributed by atoms with E-state index in [4.69, 9.17) is 14.6 Å². The van der Waals surface area contributed by atoms with Crippen LogP contribution in [0.15, 0.2) is 30.3 Å². The Hall–Kier alpha value is -2.42. The number of rotatable bonds is 2. The first kappa shape index (κ1) is 18.4. The number of ether oxygens (including phenoxy) is 1. The molecule has 3 aliphatic rings. The molecule has 0 bridgehead atoms. The Labute approximate surface area is 146 Å². The number of esters is 2. The van der Waals surface area contributed by atoms with Crippen molar-refractivity contribution >= 4 is 17.9 Å². The summed E-state index contributed by atoms with van der Waals surface area (Å²) in [5.41, 5.74) is 0.160. The lowest BCUT2D eigenvalue weighted by atomic mass is 9.52. The molecule has 1 aliphatic carbocycles. The summed E-state index contributed by atoms with van der Waals surface area (Å²) in [6, 6.07) is 10.2. The minimum Gasteiger partial charge on any atom is -0.475 e. The van der Waals surface area contributed by atoms with Crippen LogP contribution in [0.2, 0.25) is 0 Å². The third-order valence-electron chi connectivity index (χ3n) is 5.34. The second-order valence-electron chi connectivity index (χ2n) is 6.77. The summed E-state index contributed by atoms with van der Waals surface area (Å²) >= 11 is 0. The molecule has 3 fully saturated rings. The van der Waals surface area contributed by atoms with Gasteiger partial charge in [-0.15, -0.1) is 0 Å². The summed E-state index contributed by atoms with van der Waals surface area (Å²) < 4.78 is 36.6. The Morgan fingerprint density at radius 1 is 1.08 bits per heavy atom. The summed E-state index contributed by atoms with van der Waals surface area (Å²) in [6.45, 7) is 2.11. The van der Waals surface area contributed by atoms with Gasteiger partial charge in [-0.3, -0.25) is 14.5 Å². The molecule has 1 saturated carbocycles. The van der Waals surface area contributed by atoms with Gasteiger partial charge in [-0.25, -0.2) is 4.79 Å². The van der Waals surface area contributed by atoms with Crippen LogP contribution in [-0.4, -0.2) is 47.2 Å². The van der Waals surface area contributed by atoms with Gasteiger partial charge in [0.15, 0.2) is 0 Å². The lowest BCUT2D eigenvalue weighted by Crippen LogP contribution is -2.52. The first-order valence-corrected chi connectivity index (χ1v) is 7.94. The van der Waals surface area contributed by atoms with Crippen LogP contribution in [0.5, 0.6) is 0 Å². The molecule has 4 rings (SSSR count). The van der Waals surface area contributed by atoms with Crippen LogP contribution in [0, 0.1) is 10.8 Å². The number of alkyl halides is 3. The zero-order chi connectivity index (χ0) is 19.2. The van der Waals surface area contributed by atoms with E-state index in [-0.39, 0.29) is 11.9 Å². The van der Waals surface area contributed by atoms with E-state index in [0.29, 0.717) is 13.1 Å². The molecular formula is C17H16F3NO5. The molecule has 0 radical (unpaired) electrons. The Morgan fingerprint density at radius 2 is 1.54 bits per heavy atom. The quantitative estimate of drug-likeness (QED) is 0.632. The summed E-state index contributed by atoms with van der Waals surface area (Å²) in [4.78, 5) is 35.1. The van der Waals surface area contributed by atoms with Crippen molar-refractivity contribution < 1.29 is 37.4 Å². The van der Waals surface area contributed by atoms with Crippen LogP contribution >= 0.6 is 0 Å². The highest BCUT2D eigenvalue weighted by atomic mass is 19.4. The standard InChI is InChI=1S/C15H15NO3.C2HF3O2/c17-12-14-6-7-15(14,13(18)19-12)10-16(9-14)8-11-4-2-1-3-5-11;3-2(4,5)1(6)7/h1-5H,6-10H2;(H,6,7). The third kappa shape index (κ3) is 2.76. The Kier molecular flexibility index (Phi) is 4.30. The molecule has 1 aromatic carbocycles. The first-order valence-electron chi connectivity index (χ1n) is 7.94. The Morgan fingerprint density at radius 3 is 1.92 bits per heavy atom. The highest BCUT2D eigenvalue weighted by molar-refractivity contribution is 6.04. The molecule has 1 aromatic rings. The van der Waals surface area contributed by atoms with E-state index in [0.717, 1.165) is 19.4 Å². The van der Waals surface area contributed by atoms with E-state index in [1.165, 1.54) is 5.56 Å². The number of benzene rings is 1. The minimum absolute atomic E-state index is 0.292. The molecule has 2 heterocycles. The van der Waals surface area contributed by atoms with E-state index >= 15 is 0 Å². The lowest BCUT2D eigenvalue weighted by molar-refractivity contribution is -0.192. The molecule has 2 unspecified atom stereocenters. The van der Waals surface area contributed by atoms with Gasteiger partial charge < -0.3 is 9.84 Å². The number of hydrogen-bond acceptors (Lipinski definition) is 5. The number of likely N-dealkylation sites (tertiary alicyclic amines) is 1. The van der Waals surface area contributed by atoms with Gasteiger partial charge in [0, 0.05) is 19.6 Å². The number of carboxylic acid groups (broad SMARTS) is 1. The predicted molar refractivity (Wildman–Crippen MR) is 80.6 cm³/mol. The smallest absolute Gasteiger partial charge is 0.475 e. The maximum atomic E-state index is 12.0. The average molecular weight is 371 g/mol. The fraction of sp³-hybridized carbons (Fsp3) is 0.471. The normalized spacial score (nSPS) is 29.8. The van der Waals surface area contributed by atoms with Gasteiger partial charge in [0.1, 0.15) is 0 Å². The molecule has 2 aliphatic heterocycles. The average Bonchev–Trinajstić information content (AvgIpc) is 2.83. The Balaban J connectivity index is 0.000000242. The fourth-order valence-corrected chi connectivity index (χ4v) is 3.97. The van der Waals surface area contributed by atoms with E-state index in [2.05, 4.69) is 17.0 Å². The molecular weight excluding hydrogens is 355 g/mol. The van der Waals surface area contributed by atoms with Crippen LogP contribution in [0.25, 0.3) is 0 Å². The maximum absolute atomic E-state index is 12.0. The molecule has 140 valence electrons. The number of aliphatic carboxylic acids is 1. The molecule has 1 N–H and O–H groups in total. The zero-order valence-electron chi connectivity index (χ0n) is 13.6. The SMILES string of the molecule is O=C(O)C(F)(F)F.O=C1OC(=O)C23CCC12CN(Cc1ccccc1)C3. The zero-order valence-corrected chi connectivity index (χ0v) is 13.6.